The van der Waals surface area contributed by atoms with E-state index in [1.54, 1.807) is 24.3 Å². The van der Waals surface area contributed by atoms with Crippen molar-refractivity contribution >= 4 is 15.7 Å². The standard InChI is InChI=1S/C14H19N3O3S/c1-10(2)20-13-5-3-11(4-6-13)17-21(18,19)14-7-12(8-15)16-9-14/h3-7,9-10,16-17H,8,15H2,1-2H3. The molecule has 0 bridgehead atoms. The molecule has 4 N–H and O–H groups in total. The van der Waals surface area contributed by atoms with Crippen LogP contribution in [0, 0.1) is 0 Å². The lowest BCUT2D eigenvalue weighted by Gasteiger charge is -2.11. The molecule has 114 valence electrons. The number of ether oxygens (including phenoxy) is 1. The lowest BCUT2D eigenvalue weighted by Crippen LogP contribution is -2.12. The second-order valence-corrected chi connectivity index (χ2v) is 6.54. The first-order valence-electron chi connectivity index (χ1n) is 6.57. The van der Waals surface area contributed by atoms with E-state index in [9.17, 15) is 8.42 Å². The Balaban J connectivity index is 2.13. The molecule has 0 spiro atoms. The topological polar surface area (TPSA) is 97.2 Å². The first kappa shape index (κ1) is 15.4. The lowest BCUT2D eigenvalue weighted by atomic mass is 10.3. The third kappa shape index (κ3) is 3.99. The number of aromatic amines is 1. The Morgan fingerprint density at radius 2 is 1.95 bits per heavy atom. The van der Waals surface area contributed by atoms with Gasteiger partial charge in [0.2, 0.25) is 0 Å². The van der Waals surface area contributed by atoms with Crippen LogP contribution in [0.15, 0.2) is 41.4 Å². The van der Waals surface area contributed by atoms with Gasteiger partial charge in [-0.2, -0.15) is 0 Å². The van der Waals surface area contributed by atoms with Crippen molar-refractivity contribution in [3.05, 3.63) is 42.2 Å². The molecule has 0 aliphatic heterocycles. The summed E-state index contributed by atoms with van der Waals surface area (Å²) in [4.78, 5) is 2.97. The van der Waals surface area contributed by atoms with Gasteiger partial charge in [-0.15, -0.1) is 0 Å². The Kier molecular flexibility index (Phi) is 4.54. The summed E-state index contributed by atoms with van der Waals surface area (Å²) in [5.41, 5.74) is 6.59. The molecule has 6 nitrogen and oxygen atoms in total. The minimum Gasteiger partial charge on any atom is -0.491 e. The molecule has 1 aromatic heterocycles. The summed E-state index contributed by atoms with van der Waals surface area (Å²) in [5, 5.41) is 0. The molecule has 7 heteroatoms. The Labute approximate surface area is 124 Å². The number of H-pyrrole nitrogens is 1. The van der Waals surface area contributed by atoms with Crippen molar-refractivity contribution in [2.24, 2.45) is 5.73 Å². The summed E-state index contributed by atoms with van der Waals surface area (Å²) >= 11 is 0. The third-order valence-electron chi connectivity index (χ3n) is 2.72. The summed E-state index contributed by atoms with van der Waals surface area (Å²) in [5.74, 6) is 0.694. The number of hydrogen-bond donors (Lipinski definition) is 3. The number of rotatable bonds is 6. The summed E-state index contributed by atoms with van der Waals surface area (Å²) in [6.45, 7) is 4.12. The van der Waals surface area contributed by atoms with Crippen LogP contribution in [0.4, 0.5) is 5.69 Å². The summed E-state index contributed by atoms with van der Waals surface area (Å²) < 4.78 is 32.4. The van der Waals surface area contributed by atoms with Gasteiger partial charge in [0.05, 0.1) is 6.10 Å². The highest BCUT2D eigenvalue weighted by Crippen LogP contribution is 2.20. The van der Waals surface area contributed by atoms with Crippen LogP contribution in [0.5, 0.6) is 5.75 Å². The molecule has 0 unspecified atom stereocenters. The molecule has 1 aromatic carbocycles. The van der Waals surface area contributed by atoms with Gasteiger partial charge in [-0.1, -0.05) is 0 Å². The molecule has 2 aromatic rings. The average molecular weight is 309 g/mol. The van der Waals surface area contributed by atoms with E-state index in [2.05, 4.69) is 9.71 Å². The number of sulfonamides is 1. The van der Waals surface area contributed by atoms with Gasteiger partial charge >= 0.3 is 0 Å². The quantitative estimate of drug-likeness (QED) is 0.761. The third-order valence-corrected chi connectivity index (χ3v) is 4.09. The summed E-state index contributed by atoms with van der Waals surface area (Å²) in [6, 6.07) is 8.27. The van der Waals surface area contributed by atoms with E-state index in [4.69, 9.17) is 10.5 Å². The fourth-order valence-corrected chi connectivity index (χ4v) is 2.86. The Bertz CT molecular complexity index is 691. The maximum absolute atomic E-state index is 12.2. The lowest BCUT2D eigenvalue weighted by molar-refractivity contribution is 0.242. The molecular weight excluding hydrogens is 290 g/mol. The number of hydrogen-bond acceptors (Lipinski definition) is 4. The summed E-state index contributed by atoms with van der Waals surface area (Å²) in [6.07, 6.45) is 1.49. The van der Waals surface area contributed by atoms with E-state index in [1.165, 1.54) is 12.3 Å². The number of benzene rings is 1. The van der Waals surface area contributed by atoms with Crippen molar-refractivity contribution in [1.29, 1.82) is 0 Å². The minimum absolute atomic E-state index is 0.0714. The second kappa shape index (κ2) is 6.19. The van der Waals surface area contributed by atoms with Crippen LogP contribution in [-0.4, -0.2) is 19.5 Å². The van der Waals surface area contributed by atoms with Crippen LogP contribution < -0.4 is 15.2 Å². The van der Waals surface area contributed by atoms with Crippen molar-refractivity contribution in [1.82, 2.24) is 4.98 Å². The van der Waals surface area contributed by atoms with Gasteiger partial charge in [-0.25, -0.2) is 8.42 Å². The van der Waals surface area contributed by atoms with Crippen molar-refractivity contribution in [3.63, 3.8) is 0 Å². The van der Waals surface area contributed by atoms with Gasteiger partial charge in [0.1, 0.15) is 10.6 Å². The van der Waals surface area contributed by atoms with Gasteiger partial charge in [0, 0.05) is 24.1 Å². The largest absolute Gasteiger partial charge is 0.491 e. The molecule has 21 heavy (non-hydrogen) atoms. The number of nitrogens with two attached hydrogens (primary N) is 1. The van der Waals surface area contributed by atoms with Gasteiger partial charge in [0.15, 0.2) is 0 Å². The Morgan fingerprint density at radius 3 is 2.48 bits per heavy atom. The molecule has 0 aliphatic carbocycles. The summed E-state index contributed by atoms with van der Waals surface area (Å²) in [7, 11) is -3.62. The predicted molar refractivity (Wildman–Crippen MR) is 81.7 cm³/mol. The van der Waals surface area contributed by atoms with Crippen molar-refractivity contribution in [3.8, 4) is 5.75 Å². The van der Waals surface area contributed by atoms with E-state index >= 15 is 0 Å². The van der Waals surface area contributed by atoms with Crippen LogP contribution >= 0.6 is 0 Å². The van der Waals surface area contributed by atoms with Gasteiger partial charge in [-0.05, 0) is 44.2 Å². The zero-order valence-corrected chi connectivity index (χ0v) is 12.8. The van der Waals surface area contributed by atoms with Crippen LogP contribution in [-0.2, 0) is 16.6 Å². The smallest absolute Gasteiger partial charge is 0.263 e. The highest BCUT2D eigenvalue weighted by molar-refractivity contribution is 7.92. The predicted octanol–water partition coefficient (Wildman–Crippen LogP) is 2.06. The monoisotopic (exact) mass is 309 g/mol. The van der Waals surface area contributed by atoms with E-state index in [0.717, 1.165) is 0 Å². The molecule has 0 aliphatic rings. The van der Waals surface area contributed by atoms with Crippen LogP contribution in [0.2, 0.25) is 0 Å². The fourth-order valence-electron chi connectivity index (χ4n) is 1.78. The van der Waals surface area contributed by atoms with Crippen LogP contribution in [0.3, 0.4) is 0 Å². The van der Waals surface area contributed by atoms with E-state index in [-0.39, 0.29) is 17.5 Å². The molecule has 0 fully saturated rings. The molecule has 0 radical (unpaired) electrons. The van der Waals surface area contributed by atoms with E-state index in [1.807, 2.05) is 13.8 Å². The molecular formula is C14H19N3O3S. The van der Waals surface area contributed by atoms with Crippen LogP contribution in [0.1, 0.15) is 19.5 Å². The van der Waals surface area contributed by atoms with E-state index < -0.39 is 10.0 Å². The van der Waals surface area contributed by atoms with Crippen molar-refractivity contribution < 1.29 is 13.2 Å². The number of nitrogens with one attached hydrogen (secondary N) is 2. The zero-order chi connectivity index (χ0) is 15.5. The van der Waals surface area contributed by atoms with Gasteiger partial charge < -0.3 is 15.5 Å². The maximum Gasteiger partial charge on any atom is 0.263 e. The van der Waals surface area contributed by atoms with Crippen molar-refractivity contribution in [2.75, 3.05) is 4.72 Å². The SMILES string of the molecule is CC(C)Oc1ccc(NS(=O)(=O)c2c[nH]c(CN)c2)cc1. The second-order valence-electron chi connectivity index (χ2n) is 4.86. The first-order chi connectivity index (χ1) is 9.90. The normalized spacial score (nSPS) is 11.6. The molecule has 0 saturated carbocycles. The Morgan fingerprint density at radius 1 is 1.29 bits per heavy atom. The zero-order valence-electron chi connectivity index (χ0n) is 12.0. The highest BCUT2D eigenvalue weighted by atomic mass is 32.2. The molecule has 0 amide bonds. The number of anilines is 1. The first-order valence-corrected chi connectivity index (χ1v) is 8.06. The highest BCUT2D eigenvalue weighted by Gasteiger charge is 2.16. The fraction of sp³-hybridized carbons (Fsp3) is 0.286. The molecule has 0 atom stereocenters. The Hall–Kier alpha value is -1.99. The molecule has 2 rings (SSSR count). The minimum atomic E-state index is -3.62. The van der Waals surface area contributed by atoms with Gasteiger partial charge in [0.25, 0.3) is 10.0 Å². The van der Waals surface area contributed by atoms with E-state index in [0.29, 0.717) is 17.1 Å². The molecule has 1 heterocycles. The average Bonchev–Trinajstić information content (AvgIpc) is 2.90. The van der Waals surface area contributed by atoms with Crippen molar-refractivity contribution in [2.45, 2.75) is 31.4 Å². The maximum atomic E-state index is 12.2. The molecule has 0 saturated heterocycles. The number of aromatic nitrogens is 1. The van der Waals surface area contributed by atoms with Gasteiger partial charge in [-0.3, -0.25) is 4.72 Å². The van der Waals surface area contributed by atoms with Crippen LogP contribution in [0.25, 0.3) is 0 Å².